The van der Waals surface area contributed by atoms with Crippen LogP contribution in [0.25, 0.3) is 0 Å². The molecule has 2 aliphatic rings. The zero-order valence-electron chi connectivity index (χ0n) is 12.4. The Morgan fingerprint density at radius 3 is 2.89 bits per heavy atom. The van der Waals surface area contributed by atoms with Gasteiger partial charge in [-0.25, -0.2) is 0 Å². The smallest absolute Gasteiger partial charge is 0.326 e. The molecule has 1 saturated heterocycles. The Kier molecular flexibility index (Phi) is 4.85. The number of carbonyl (C=O) groups is 1. The van der Waals surface area contributed by atoms with Crippen LogP contribution in [0, 0.1) is 0 Å². The molecule has 0 aromatic carbocycles. The monoisotopic (exact) mass is 268 g/mol. The van der Waals surface area contributed by atoms with Gasteiger partial charge in [-0.3, -0.25) is 9.69 Å². The summed E-state index contributed by atoms with van der Waals surface area (Å²) in [4.78, 5) is 14.6. The highest BCUT2D eigenvalue weighted by atomic mass is 16.5. The molecule has 3 unspecified atom stereocenters. The van der Waals surface area contributed by atoms with Crippen molar-refractivity contribution in [3.8, 4) is 0 Å². The van der Waals surface area contributed by atoms with Gasteiger partial charge in [0.25, 0.3) is 0 Å². The Hall–Kier alpha value is -0.610. The summed E-state index contributed by atoms with van der Waals surface area (Å²) >= 11 is 0. The Morgan fingerprint density at radius 1 is 1.37 bits per heavy atom. The average Bonchev–Trinajstić information content (AvgIpc) is 2.65. The SMILES string of the molecule is CCOC(=O)C1(N)CCC(N2CCCCCC2C)C1. The number of rotatable bonds is 3. The van der Waals surface area contributed by atoms with Gasteiger partial charge in [0.05, 0.1) is 6.61 Å². The molecule has 2 fully saturated rings. The maximum Gasteiger partial charge on any atom is 0.326 e. The average molecular weight is 268 g/mol. The van der Waals surface area contributed by atoms with E-state index in [0.29, 0.717) is 18.7 Å². The number of ether oxygens (including phenoxy) is 1. The molecule has 19 heavy (non-hydrogen) atoms. The number of carbonyl (C=O) groups excluding carboxylic acids is 1. The normalized spacial score (nSPS) is 37.0. The summed E-state index contributed by atoms with van der Waals surface area (Å²) < 4.78 is 5.13. The Balaban J connectivity index is 1.98. The standard InChI is InChI=1S/C15H28N2O2/c1-3-19-14(18)15(16)9-8-13(11-15)17-10-6-4-5-7-12(17)2/h12-13H,3-11,16H2,1-2H3. The number of esters is 1. The number of likely N-dealkylation sites (tertiary alicyclic amines) is 1. The summed E-state index contributed by atoms with van der Waals surface area (Å²) in [6, 6.07) is 1.08. The predicted octanol–water partition coefficient (Wildman–Crippen LogP) is 2.06. The summed E-state index contributed by atoms with van der Waals surface area (Å²) in [5.74, 6) is -0.208. The lowest BCUT2D eigenvalue weighted by Crippen LogP contribution is -2.49. The molecular weight excluding hydrogens is 240 g/mol. The van der Waals surface area contributed by atoms with Crippen molar-refractivity contribution in [1.29, 1.82) is 0 Å². The first kappa shape index (κ1) is 14.8. The summed E-state index contributed by atoms with van der Waals surface area (Å²) in [6.45, 7) is 5.73. The molecule has 0 aromatic rings. The molecular formula is C15H28N2O2. The molecule has 0 amide bonds. The van der Waals surface area contributed by atoms with E-state index in [1.165, 1.54) is 25.7 Å². The second-order valence-electron chi connectivity index (χ2n) is 6.21. The van der Waals surface area contributed by atoms with E-state index >= 15 is 0 Å². The van der Waals surface area contributed by atoms with Crippen molar-refractivity contribution >= 4 is 5.97 Å². The molecule has 3 atom stereocenters. The minimum atomic E-state index is -0.743. The molecule has 1 heterocycles. The first-order valence-corrected chi connectivity index (χ1v) is 7.78. The van der Waals surface area contributed by atoms with Crippen molar-refractivity contribution in [3.63, 3.8) is 0 Å². The van der Waals surface area contributed by atoms with Gasteiger partial charge in [-0.05, 0) is 52.5 Å². The number of hydrogen-bond acceptors (Lipinski definition) is 4. The Bertz CT molecular complexity index is 321. The highest BCUT2D eigenvalue weighted by molar-refractivity contribution is 5.81. The van der Waals surface area contributed by atoms with Crippen molar-refractivity contribution in [2.24, 2.45) is 5.73 Å². The van der Waals surface area contributed by atoms with E-state index in [-0.39, 0.29) is 5.97 Å². The van der Waals surface area contributed by atoms with Gasteiger partial charge in [-0.1, -0.05) is 12.8 Å². The molecule has 0 spiro atoms. The van der Waals surface area contributed by atoms with E-state index in [4.69, 9.17) is 10.5 Å². The van der Waals surface area contributed by atoms with Crippen LogP contribution in [0.2, 0.25) is 0 Å². The molecule has 110 valence electrons. The zero-order valence-corrected chi connectivity index (χ0v) is 12.4. The number of hydrogen-bond donors (Lipinski definition) is 1. The fraction of sp³-hybridized carbons (Fsp3) is 0.933. The highest BCUT2D eigenvalue weighted by Gasteiger charge is 2.45. The molecule has 1 saturated carbocycles. The molecule has 4 heteroatoms. The molecule has 2 N–H and O–H groups in total. The number of nitrogens with zero attached hydrogens (tertiary/aromatic N) is 1. The van der Waals surface area contributed by atoms with Gasteiger partial charge in [0.1, 0.15) is 5.54 Å². The molecule has 0 aromatic heterocycles. The van der Waals surface area contributed by atoms with E-state index < -0.39 is 5.54 Å². The largest absolute Gasteiger partial charge is 0.465 e. The van der Waals surface area contributed by atoms with Gasteiger partial charge in [-0.2, -0.15) is 0 Å². The van der Waals surface area contributed by atoms with Crippen LogP contribution >= 0.6 is 0 Å². The second kappa shape index (κ2) is 6.23. The third kappa shape index (κ3) is 3.29. The lowest BCUT2D eigenvalue weighted by molar-refractivity contribution is -0.149. The molecule has 1 aliphatic carbocycles. The van der Waals surface area contributed by atoms with E-state index in [1.54, 1.807) is 0 Å². The third-order valence-electron chi connectivity index (χ3n) is 4.78. The Morgan fingerprint density at radius 2 is 2.16 bits per heavy atom. The van der Waals surface area contributed by atoms with Crippen LogP contribution in [0.15, 0.2) is 0 Å². The van der Waals surface area contributed by atoms with Crippen LogP contribution in [-0.4, -0.2) is 41.6 Å². The lowest BCUT2D eigenvalue weighted by Gasteiger charge is -2.33. The molecule has 1 aliphatic heterocycles. The van der Waals surface area contributed by atoms with Crippen LogP contribution in [0.5, 0.6) is 0 Å². The maximum atomic E-state index is 12.0. The van der Waals surface area contributed by atoms with E-state index in [2.05, 4.69) is 11.8 Å². The van der Waals surface area contributed by atoms with Crippen LogP contribution in [-0.2, 0) is 9.53 Å². The third-order valence-corrected chi connectivity index (χ3v) is 4.78. The minimum Gasteiger partial charge on any atom is -0.465 e. The van der Waals surface area contributed by atoms with Gasteiger partial charge in [0, 0.05) is 12.1 Å². The van der Waals surface area contributed by atoms with Crippen LogP contribution in [0.4, 0.5) is 0 Å². The van der Waals surface area contributed by atoms with Crippen molar-refractivity contribution in [2.45, 2.75) is 76.4 Å². The molecule has 0 radical (unpaired) electrons. The summed E-state index contributed by atoms with van der Waals surface area (Å²) in [5.41, 5.74) is 5.53. The quantitative estimate of drug-likeness (QED) is 0.796. The van der Waals surface area contributed by atoms with Crippen molar-refractivity contribution in [1.82, 2.24) is 4.90 Å². The van der Waals surface area contributed by atoms with E-state index in [1.807, 2.05) is 6.92 Å². The van der Waals surface area contributed by atoms with Crippen LogP contribution in [0.3, 0.4) is 0 Å². The zero-order chi connectivity index (χ0) is 13.9. The van der Waals surface area contributed by atoms with Crippen LogP contribution in [0.1, 0.15) is 58.8 Å². The van der Waals surface area contributed by atoms with Gasteiger partial charge in [-0.15, -0.1) is 0 Å². The van der Waals surface area contributed by atoms with Gasteiger partial charge in [0.15, 0.2) is 0 Å². The van der Waals surface area contributed by atoms with Crippen LogP contribution < -0.4 is 5.73 Å². The summed E-state index contributed by atoms with van der Waals surface area (Å²) in [5, 5.41) is 0. The van der Waals surface area contributed by atoms with Gasteiger partial charge < -0.3 is 10.5 Å². The van der Waals surface area contributed by atoms with Gasteiger partial charge in [0.2, 0.25) is 0 Å². The topological polar surface area (TPSA) is 55.6 Å². The van der Waals surface area contributed by atoms with Crippen molar-refractivity contribution in [3.05, 3.63) is 0 Å². The van der Waals surface area contributed by atoms with E-state index in [9.17, 15) is 4.79 Å². The fourth-order valence-corrected chi connectivity index (χ4v) is 3.63. The van der Waals surface area contributed by atoms with Gasteiger partial charge >= 0.3 is 5.97 Å². The predicted molar refractivity (Wildman–Crippen MR) is 75.8 cm³/mol. The molecule has 2 rings (SSSR count). The first-order valence-electron chi connectivity index (χ1n) is 7.78. The maximum absolute atomic E-state index is 12.0. The van der Waals surface area contributed by atoms with Crippen molar-refractivity contribution in [2.75, 3.05) is 13.2 Å². The molecule has 0 bridgehead atoms. The second-order valence-corrected chi connectivity index (χ2v) is 6.21. The molecule has 4 nitrogen and oxygen atoms in total. The Labute approximate surface area is 116 Å². The highest BCUT2D eigenvalue weighted by Crippen LogP contribution is 2.34. The lowest BCUT2D eigenvalue weighted by atomic mass is 9.98. The van der Waals surface area contributed by atoms with Crippen molar-refractivity contribution < 1.29 is 9.53 Å². The minimum absolute atomic E-state index is 0.208. The number of nitrogens with two attached hydrogens (primary N) is 1. The van der Waals surface area contributed by atoms with E-state index in [0.717, 1.165) is 25.8 Å². The summed E-state index contributed by atoms with van der Waals surface area (Å²) in [7, 11) is 0. The summed E-state index contributed by atoms with van der Waals surface area (Å²) in [6.07, 6.45) is 7.76. The fourth-order valence-electron chi connectivity index (χ4n) is 3.63. The first-order chi connectivity index (χ1) is 9.07.